The van der Waals surface area contributed by atoms with Crippen LogP contribution in [0.2, 0.25) is 0 Å². The highest BCUT2D eigenvalue weighted by Crippen LogP contribution is 2.32. The third-order valence-electron chi connectivity index (χ3n) is 5.43. The van der Waals surface area contributed by atoms with E-state index in [-0.39, 0.29) is 18.1 Å². The maximum atomic E-state index is 12.5. The van der Waals surface area contributed by atoms with Gasteiger partial charge in [-0.1, -0.05) is 5.16 Å². The Morgan fingerprint density at radius 1 is 1.16 bits per heavy atom. The summed E-state index contributed by atoms with van der Waals surface area (Å²) in [4.78, 5) is 19.0. The molecule has 32 heavy (non-hydrogen) atoms. The number of pyridine rings is 1. The SMILES string of the molecule is Cc1ccc(-c2c(-c3cc(C)no3)cnn2CCNC(=O)CN2C[C@@H](C)O[C@H](C)C2)cn1. The van der Waals surface area contributed by atoms with Crippen molar-refractivity contribution in [2.45, 2.75) is 46.4 Å². The van der Waals surface area contributed by atoms with Crippen LogP contribution in [0.4, 0.5) is 0 Å². The van der Waals surface area contributed by atoms with Crippen molar-refractivity contribution in [3.63, 3.8) is 0 Å². The van der Waals surface area contributed by atoms with Crippen molar-refractivity contribution in [1.29, 1.82) is 0 Å². The van der Waals surface area contributed by atoms with E-state index in [1.54, 1.807) is 6.20 Å². The Morgan fingerprint density at radius 2 is 1.94 bits per heavy atom. The number of aryl methyl sites for hydroxylation is 2. The maximum absolute atomic E-state index is 12.5. The number of nitrogens with one attached hydrogen (secondary N) is 1. The van der Waals surface area contributed by atoms with Gasteiger partial charge >= 0.3 is 0 Å². The molecule has 4 heterocycles. The average Bonchev–Trinajstić information content (AvgIpc) is 3.34. The second kappa shape index (κ2) is 9.62. The third-order valence-corrected chi connectivity index (χ3v) is 5.43. The van der Waals surface area contributed by atoms with Crippen LogP contribution in [0.3, 0.4) is 0 Å². The number of rotatable bonds is 7. The van der Waals surface area contributed by atoms with E-state index in [4.69, 9.17) is 9.26 Å². The van der Waals surface area contributed by atoms with Gasteiger partial charge in [0.2, 0.25) is 5.91 Å². The molecule has 0 radical (unpaired) electrons. The van der Waals surface area contributed by atoms with Crippen LogP contribution >= 0.6 is 0 Å². The quantitative estimate of drug-likeness (QED) is 0.605. The van der Waals surface area contributed by atoms with Gasteiger partial charge in [-0.25, -0.2) is 0 Å². The zero-order chi connectivity index (χ0) is 22.7. The fourth-order valence-electron chi connectivity index (χ4n) is 4.11. The molecule has 0 unspecified atom stereocenters. The highest BCUT2D eigenvalue weighted by Gasteiger charge is 2.24. The summed E-state index contributed by atoms with van der Waals surface area (Å²) < 4.78 is 13.1. The molecule has 2 atom stereocenters. The summed E-state index contributed by atoms with van der Waals surface area (Å²) >= 11 is 0. The fourth-order valence-corrected chi connectivity index (χ4v) is 4.11. The van der Waals surface area contributed by atoms with Crippen molar-refractivity contribution < 1.29 is 14.1 Å². The molecule has 9 heteroatoms. The predicted molar refractivity (Wildman–Crippen MR) is 120 cm³/mol. The van der Waals surface area contributed by atoms with Crippen molar-refractivity contribution in [3.05, 3.63) is 42.0 Å². The first kappa shape index (κ1) is 22.2. The first-order chi connectivity index (χ1) is 15.4. The van der Waals surface area contributed by atoms with Gasteiger partial charge < -0.3 is 14.6 Å². The summed E-state index contributed by atoms with van der Waals surface area (Å²) in [5.41, 5.74) is 4.41. The number of hydrogen-bond donors (Lipinski definition) is 1. The molecule has 3 aromatic rings. The van der Waals surface area contributed by atoms with Gasteiger partial charge in [-0.3, -0.25) is 19.4 Å². The van der Waals surface area contributed by atoms with Crippen LogP contribution in [0.15, 0.2) is 35.1 Å². The van der Waals surface area contributed by atoms with Gasteiger partial charge in [0, 0.05) is 43.2 Å². The van der Waals surface area contributed by atoms with Crippen molar-refractivity contribution >= 4 is 5.91 Å². The van der Waals surface area contributed by atoms with E-state index in [0.717, 1.165) is 41.3 Å². The van der Waals surface area contributed by atoms with E-state index in [2.05, 4.69) is 25.5 Å². The summed E-state index contributed by atoms with van der Waals surface area (Å²) in [5.74, 6) is 0.659. The number of carbonyl (C=O) groups is 1. The molecule has 9 nitrogen and oxygen atoms in total. The molecule has 0 bridgehead atoms. The van der Waals surface area contributed by atoms with Crippen molar-refractivity contribution in [3.8, 4) is 22.6 Å². The first-order valence-electron chi connectivity index (χ1n) is 11.0. The highest BCUT2D eigenvalue weighted by molar-refractivity contribution is 5.79. The Kier molecular flexibility index (Phi) is 6.66. The lowest BCUT2D eigenvalue weighted by Gasteiger charge is -2.34. The van der Waals surface area contributed by atoms with E-state index in [0.29, 0.717) is 25.4 Å². The largest absolute Gasteiger partial charge is 0.373 e. The van der Waals surface area contributed by atoms with Crippen molar-refractivity contribution in [2.75, 3.05) is 26.2 Å². The zero-order valence-corrected chi connectivity index (χ0v) is 19.0. The molecule has 1 amide bonds. The monoisotopic (exact) mass is 438 g/mol. The van der Waals surface area contributed by atoms with Crippen LogP contribution in [0.5, 0.6) is 0 Å². The van der Waals surface area contributed by atoms with Crippen LogP contribution in [0, 0.1) is 13.8 Å². The van der Waals surface area contributed by atoms with E-state index < -0.39 is 0 Å². The molecule has 170 valence electrons. The summed E-state index contributed by atoms with van der Waals surface area (Å²) in [6, 6.07) is 5.87. The van der Waals surface area contributed by atoms with Gasteiger partial charge in [0.15, 0.2) is 5.76 Å². The molecule has 0 saturated carbocycles. The lowest BCUT2D eigenvalue weighted by atomic mass is 10.1. The minimum atomic E-state index is 0.00286. The van der Waals surface area contributed by atoms with Gasteiger partial charge in [-0.2, -0.15) is 5.10 Å². The summed E-state index contributed by atoms with van der Waals surface area (Å²) in [7, 11) is 0. The molecule has 1 saturated heterocycles. The van der Waals surface area contributed by atoms with Gasteiger partial charge in [0.1, 0.15) is 0 Å². The standard InChI is InChI=1S/C23H30N6O3/c1-15-5-6-19(10-25-15)23-20(21-9-16(2)27-32-21)11-26-29(23)8-7-24-22(30)14-28-12-17(3)31-18(4)13-28/h5-6,9-11,17-18H,7-8,12-14H2,1-4H3,(H,24,30)/t17-,18-/m1/s1. The number of nitrogens with zero attached hydrogens (tertiary/aromatic N) is 5. The molecule has 1 aliphatic rings. The lowest BCUT2D eigenvalue weighted by molar-refractivity contribution is -0.126. The third kappa shape index (κ3) is 5.23. The zero-order valence-electron chi connectivity index (χ0n) is 19.0. The summed E-state index contributed by atoms with van der Waals surface area (Å²) in [6.07, 6.45) is 3.88. The molecule has 4 rings (SSSR count). The Hall–Kier alpha value is -3.04. The Bertz CT molecular complexity index is 1050. The summed E-state index contributed by atoms with van der Waals surface area (Å²) in [5, 5.41) is 11.6. The van der Waals surface area contributed by atoms with Crippen LogP contribution in [0.1, 0.15) is 25.2 Å². The van der Waals surface area contributed by atoms with Gasteiger partial charge in [-0.15, -0.1) is 0 Å². The normalized spacial score (nSPS) is 19.2. The Balaban J connectivity index is 1.45. The van der Waals surface area contributed by atoms with E-state index in [9.17, 15) is 4.79 Å². The van der Waals surface area contributed by atoms with E-state index in [1.807, 2.05) is 56.8 Å². The van der Waals surface area contributed by atoms with Gasteiger partial charge in [0.25, 0.3) is 0 Å². The molecule has 3 aromatic heterocycles. The van der Waals surface area contributed by atoms with Crippen LogP contribution in [0.25, 0.3) is 22.6 Å². The second-order valence-electron chi connectivity index (χ2n) is 8.45. The van der Waals surface area contributed by atoms with Gasteiger partial charge in [-0.05, 0) is 39.8 Å². The average molecular weight is 439 g/mol. The fraction of sp³-hybridized carbons (Fsp3) is 0.478. The van der Waals surface area contributed by atoms with E-state index >= 15 is 0 Å². The van der Waals surface area contributed by atoms with Crippen molar-refractivity contribution in [2.24, 2.45) is 0 Å². The predicted octanol–water partition coefficient (Wildman–Crippen LogP) is 2.44. The van der Waals surface area contributed by atoms with E-state index in [1.165, 1.54) is 0 Å². The first-order valence-corrected chi connectivity index (χ1v) is 11.0. The number of amides is 1. The number of carbonyl (C=O) groups excluding carboxylic acids is 1. The highest BCUT2D eigenvalue weighted by atomic mass is 16.5. The van der Waals surface area contributed by atoms with Crippen molar-refractivity contribution in [1.82, 2.24) is 30.1 Å². The molecule has 1 fully saturated rings. The van der Waals surface area contributed by atoms with Crippen LogP contribution < -0.4 is 5.32 Å². The number of aromatic nitrogens is 4. The van der Waals surface area contributed by atoms with Gasteiger partial charge in [0.05, 0.1) is 48.4 Å². The smallest absolute Gasteiger partial charge is 0.234 e. The second-order valence-corrected chi connectivity index (χ2v) is 8.45. The maximum Gasteiger partial charge on any atom is 0.234 e. The van der Waals surface area contributed by atoms with Crippen LogP contribution in [-0.2, 0) is 16.1 Å². The minimum absolute atomic E-state index is 0.00286. The lowest BCUT2D eigenvalue weighted by Crippen LogP contribution is -2.49. The number of hydrogen-bond acceptors (Lipinski definition) is 7. The number of ether oxygens (including phenoxy) is 1. The molecule has 0 aliphatic carbocycles. The topological polar surface area (TPSA) is 98.3 Å². The molecular formula is C23H30N6O3. The minimum Gasteiger partial charge on any atom is -0.373 e. The Morgan fingerprint density at radius 3 is 2.59 bits per heavy atom. The van der Waals surface area contributed by atoms with Crippen LogP contribution in [-0.4, -0.2) is 69.1 Å². The Labute approximate surface area is 187 Å². The molecule has 0 aromatic carbocycles. The molecule has 1 aliphatic heterocycles. The molecular weight excluding hydrogens is 408 g/mol. The summed E-state index contributed by atoms with van der Waals surface area (Å²) in [6.45, 7) is 10.8. The number of morpholine rings is 1. The molecule has 0 spiro atoms. The molecule has 1 N–H and O–H groups in total.